The van der Waals surface area contributed by atoms with Crippen LogP contribution in [0.4, 0.5) is 4.79 Å². The van der Waals surface area contributed by atoms with Crippen molar-refractivity contribution in [2.45, 2.75) is 25.4 Å². The molecule has 6 heteroatoms. The first kappa shape index (κ1) is 15.4. The Kier molecular flexibility index (Phi) is 4.74. The Morgan fingerprint density at radius 2 is 2.27 bits per heavy atom. The number of nitrogens with one attached hydrogen (secondary N) is 1. The third kappa shape index (κ3) is 3.31. The van der Waals surface area contributed by atoms with Gasteiger partial charge in [-0.3, -0.25) is 4.90 Å². The number of carbonyl (C=O) groups is 1. The largest absolute Gasteiger partial charge is 0.497 e. The molecule has 2 heterocycles. The number of urea groups is 1. The molecule has 1 aromatic carbocycles. The molecule has 1 N–H and O–H groups in total. The molecule has 1 unspecified atom stereocenters. The molecule has 2 aliphatic heterocycles. The number of methoxy groups -OCH3 is 1. The molecule has 1 aromatic rings. The summed E-state index contributed by atoms with van der Waals surface area (Å²) in [7, 11) is 1.64. The highest BCUT2D eigenvalue weighted by Crippen LogP contribution is 2.25. The summed E-state index contributed by atoms with van der Waals surface area (Å²) in [5.41, 5.74) is 1.11. The second-order valence-corrected chi connectivity index (χ2v) is 6.32. The van der Waals surface area contributed by atoms with Gasteiger partial charge in [0.1, 0.15) is 5.75 Å². The van der Waals surface area contributed by atoms with Crippen molar-refractivity contribution < 1.29 is 9.53 Å². The van der Waals surface area contributed by atoms with E-state index in [1.165, 1.54) is 0 Å². The Hall–Kier alpha value is -1.46. The molecule has 0 bridgehead atoms. The van der Waals surface area contributed by atoms with Crippen molar-refractivity contribution in [3.8, 4) is 5.75 Å². The maximum absolute atomic E-state index is 11.8. The fourth-order valence-corrected chi connectivity index (χ4v) is 3.52. The van der Waals surface area contributed by atoms with Crippen LogP contribution in [0, 0.1) is 0 Å². The van der Waals surface area contributed by atoms with E-state index in [1.807, 2.05) is 23.1 Å². The minimum Gasteiger partial charge on any atom is -0.497 e. The molecule has 0 aromatic heterocycles. The first-order valence-electron chi connectivity index (χ1n) is 7.76. The maximum Gasteiger partial charge on any atom is 0.317 e. The number of nitrogens with zero attached hydrogens (tertiary/aromatic N) is 2. The van der Waals surface area contributed by atoms with Gasteiger partial charge in [0.2, 0.25) is 0 Å². The van der Waals surface area contributed by atoms with Crippen molar-refractivity contribution in [3.05, 3.63) is 28.8 Å². The SMILES string of the molecule is COc1ccc(CN2CCCC(N3CCNC3=O)C2)c(Cl)c1. The van der Waals surface area contributed by atoms with Gasteiger partial charge < -0.3 is 15.0 Å². The van der Waals surface area contributed by atoms with Gasteiger partial charge in [-0.1, -0.05) is 17.7 Å². The van der Waals surface area contributed by atoms with Crippen molar-refractivity contribution >= 4 is 17.6 Å². The van der Waals surface area contributed by atoms with Gasteiger partial charge in [0.05, 0.1) is 7.11 Å². The van der Waals surface area contributed by atoms with Gasteiger partial charge in [-0.15, -0.1) is 0 Å². The van der Waals surface area contributed by atoms with Crippen LogP contribution in [0.15, 0.2) is 18.2 Å². The molecule has 22 heavy (non-hydrogen) atoms. The van der Waals surface area contributed by atoms with Crippen molar-refractivity contribution in [1.82, 2.24) is 15.1 Å². The number of rotatable bonds is 4. The molecule has 5 nitrogen and oxygen atoms in total. The lowest BCUT2D eigenvalue weighted by Crippen LogP contribution is -2.48. The van der Waals surface area contributed by atoms with E-state index in [2.05, 4.69) is 10.2 Å². The Labute approximate surface area is 136 Å². The summed E-state index contributed by atoms with van der Waals surface area (Å²) in [6, 6.07) is 6.21. The quantitative estimate of drug-likeness (QED) is 0.925. The molecule has 0 spiro atoms. The normalized spacial score (nSPS) is 22.7. The average Bonchev–Trinajstić information content (AvgIpc) is 2.96. The van der Waals surface area contributed by atoms with Crippen molar-refractivity contribution in [2.75, 3.05) is 33.3 Å². The Morgan fingerprint density at radius 3 is 2.95 bits per heavy atom. The second kappa shape index (κ2) is 6.75. The Morgan fingerprint density at radius 1 is 1.41 bits per heavy atom. The van der Waals surface area contributed by atoms with Gasteiger partial charge >= 0.3 is 6.03 Å². The van der Waals surface area contributed by atoms with Gasteiger partial charge in [0.15, 0.2) is 0 Å². The minimum absolute atomic E-state index is 0.0781. The number of ether oxygens (including phenoxy) is 1. The molecule has 2 aliphatic rings. The predicted molar refractivity (Wildman–Crippen MR) is 86.4 cm³/mol. The van der Waals surface area contributed by atoms with Crippen molar-refractivity contribution in [3.63, 3.8) is 0 Å². The average molecular weight is 324 g/mol. The lowest BCUT2D eigenvalue weighted by molar-refractivity contribution is 0.122. The van der Waals surface area contributed by atoms with Crippen LogP contribution < -0.4 is 10.1 Å². The predicted octanol–water partition coefficient (Wildman–Crippen LogP) is 2.34. The van der Waals surface area contributed by atoms with E-state index in [9.17, 15) is 4.79 Å². The number of hydrogen-bond acceptors (Lipinski definition) is 3. The van der Waals surface area contributed by atoms with Crippen LogP contribution in [-0.4, -0.2) is 55.2 Å². The number of carbonyl (C=O) groups excluding carboxylic acids is 1. The second-order valence-electron chi connectivity index (χ2n) is 5.91. The first-order valence-corrected chi connectivity index (χ1v) is 8.14. The maximum atomic E-state index is 11.8. The highest BCUT2D eigenvalue weighted by Gasteiger charge is 2.31. The topological polar surface area (TPSA) is 44.8 Å². The lowest BCUT2D eigenvalue weighted by atomic mass is 10.0. The molecule has 0 aliphatic carbocycles. The molecule has 2 amide bonds. The number of halogens is 1. The first-order chi connectivity index (χ1) is 10.7. The number of piperidine rings is 1. The standard InChI is InChI=1S/C16H22ClN3O2/c1-22-14-5-4-12(15(17)9-14)10-19-7-2-3-13(11-19)20-8-6-18-16(20)21/h4-5,9,13H,2-3,6-8,10-11H2,1H3,(H,18,21). The summed E-state index contributed by atoms with van der Waals surface area (Å²) in [5, 5.41) is 3.62. The molecule has 1 atom stereocenters. The van der Waals surface area contributed by atoms with Crippen LogP contribution in [-0.2, 0) is 6.54 Å². The van der Waals surface area contributed by atoms with Gasteiger partial charge in [-0.2, -0.15) is 0 Å². The Balaban J connectivity index is 1.64. The molecule has 3 rings (SSSR count). The van der Waals surface area contributed by atoms with E-state index in [4.69, 9.17) is 16.3 Å². The van der Waals surface area contributed by atoms with Gasteiger partial charge in [-0.25, -0.2) is 4.79 Å². The molecule has 2 saturated heterocycles. The van der Waals surface area contributed by atoms with Gasteiger partial charge in [0, 0.05) is 37.2 Å². The molecule has 120 valence electrons. The van der Waals surface area contributed by atoms with Crippen LogP contribution in [0.3, 0.4) is 0 Å². The molecular formula is C16H22ClN3O2. The highest BCUT2D eigenvalue weighted by molar-refractivity contribution is 6.31. The minimum atomic E-state index is 0.0781. The summed E-state index contributed by atoms with van der Waals surface area (Å²) in [4.78, 5) is 16.2. The van der Waals surface area contributed by atoms with E-state index < -0.39 is 0 Å². The lowest BCUT2D eigenvalue weighted by Gasteiger charge is -2.37. The van der Waals surface area contributed by atoms with Crippen LogP contribution in [0.1, 0.15) is 18.4 Å². The molecular weight excluding hydrogens is 302 g/mol. The van der Waals surface area contributed by atoms with Crippen LogP contribution in [0.5, 0.6) is 5.75 Å². The smallest absolute Gasteiger partial charge is 0.317 e. The van der Waals surface area contributed by atoms with Crippen molar-refractivity contribution in [1.29, 1.82) is 0 Å². The Bertz CT molecular complexity index is 552. The van der Waals surface area contributed by atoms with Crippen LogP contribution >= 0.6 is 11.6 Å². The zero-order valence-corrected chi connectivity index (χ0v) is 13.6. The number of hydrogen-bond donors (Lipinski definition) is 1. The number of benzene rings is 1. The third-order valence-corrected chi connectivity index (χ3v) is 4.82. The monoisotopic (exact) mass is 323 g/mol. The van der Waals surface area contributed by atoms with E-state index >= 15 is 0 Å². The molecule has 0 saturated carbocycles. The van der Waals surface area contributed by atoms with Crippen molar-refractivity contribution in [2.24, 2.45) is 0 Å². The van der Waals surface area contributed by atoms with E-state index in [0.29, 0.717) is 6.04 Å². The zero-order chi connectivity index (χ0) is 15.5. The van der Waals surface area contributed by atoms with Crippen LogP contribution in [0.25, 0.3) is 0 Å². The number of likely N-dealkylation sites (tertiary alicyclic amines) is 1. The summed E-state index contributed by atoms with van der Waals surface area (Å²) < 4.78 is 5.19. The number of amides is 2. The van der Waals surface area contributed by atoms with Crippen LogP contribution in [0.2, 0.25) is 5.02 Å². The zero-order valence-electron chi connectivity index (χ0n) is 12.8. The fourth-order valence-electron chi connectivity index (χ4n) is 3.29. The van der Waals surface area contributed by atoms with E-state index in [0.717, 1.165) is 61.9 Å². The highest BCUT2D eigenvalue weighted by atomic mass is 35.5. The van der Waals surface area contributed by atoms with E-state index in [1.54, 1.807) is 7.11 Å². The van der Waals surface area contributed by atoms with Gasteiger partial charge in [-0.05, 0) is 37.1 Å². The third-order valence-electron chi connectivity index (χ3n) is 4.47. The summed E-state index contributed by atoms with van der Waals surface area (Å²) >= 11 is 6.33. The van der Waals surface area contributed by atoms with Gasteiger partial charge in [0.25, 0.3) is 0 Å². The summed E-state index contributed by atoms with van der Waals surface area (Å²) in [5.74, 6) is 0.777. The summed E-state index contributed by atoms with van der Waals surface area (Å²) in [6.45, 7) is 4.36. The summed E-state index contributed by atoms with van der Waals surface area (Å²) in [6.07, 6.45) is 2.20. The fraction of sp³-hybridized carbons (Fsp3) is 0.562. The van der Waals surface area contributed by atoms with E-state index in [-0.39, 0.29) is 6.03 Å². The molecule has 0 radical (unpaired) electrons. The molecule has 2 fully saturated rings.